The first-order valence-electron chi connectivity index (χ1n) is 10.9. The fourth-order valence-electron chi connectivity index (χ4n) is 3.82. The number of carbonyl (C=O) groups excluding carboxylic acids is 1. The van der Waals surface area contributed by atoms with E-state index in [4.69, 9.17) is 21.4 Å². The van der Waals surface area contributed by atoms with E-state index in [2.05, 4.69) is 0 Å². The number of halogens is 1. The molecule has 1 heterocycles. The van der Waals surface area contributed by atoms with Gasteiger partial charge >= 0.3 is 0 Å². The Bertz CT molecular complexity index is 1090. The van der Waals surface area contributed by atoms with Gasteiger partial charge in [0.25, 0.3) is 0 Å². The van der Waals surface area contributed by atoms with Gasteiger partial charge in [-0.3, -0.25) is 4.79 Å². The van der Waals surface area contributed by atoms with Gasteiger partial charge in [0, 0.05) is 12.5 Å². The number of aryl methyl sites for hydroxylation is 1. The predicted molar refractivity (Wildman–Crippen MR) is 121 cm³/mol. The third kappa shape index (κ3) is 4.47. The van der Waals surface area contributed by atoms with Crippen LogP contribution in [0.2, 0.25) is 5.02 Å². The van der Waals surface area contributed by atoms with Crippen molar-refractivity contribution in [2.24, 2.45) is 11.8 Å². The molecule has 0 spiro atoms. The molecule has 1 aromatic heterocycles. The number of ether oxygens (including phenoxy) is 1. The van der Waals surface area contributed by atoms with Crippen LogP contribution in [0.5, 0.6) is 11.6 Å². The monoisotopic (exact) mass is 435 g/mol. The van der Waals surface area contributed by atoms with Crippen molar-refractivity contribution in [2.75, 3.05) is 6.54 Å². The average molecular weight is 436 g/mol. The zero-order valence-corrected chi connectivity index (χ0v) is 18.4. The summed E-state index contributed by atoms with van der Waals surface area (Å²) in [5, 5.41) is 5.32. The van der Waals surface area contributed by atoms with Crippen LogP contribution in [0.1, 0.15) is 36.9 Å². The van der Waals surface area contributed by atoms with Crippen molar-refractivity contribution in [3.8, 4) is 17.3 Å². The Hall–Kier alpha value is -2.79. The van der Waals surface area contributed by atoms with Crippen molar-refractivity contribution in [3.63, 3.8) is 0 Å². The van der Waals surface area contributed by atoms with Gasteiger partial charge in [-0.25, -0.2) is 4.68 Å². The Morgan fingerprint density at radius 2 is 1.81 bits per heavy atom. The standard InChI is InChI=1S/C25H26ClN3O2/c1-17-21(16-28(15-18-11-12-18)24(30)19-13-14-19)25(31-23-10-6-5-9-22(23)26)29(27-17)20-7-3-2-4-8-20/h2-10,18-19H,11-16H2,1H3. The molecule has 2 aliphatic carbocycles. The molecule has 1 amide bonds. The van der Waals surface area contributed by atoms with Crippen LogP contribution in [0.4, 0.5) is 0 Å². The maximum atomic E-state index is 13.0. The molecule has 6 heteroatoms. The van der Waals surface area contributed by atoms with Gasteiger partial charge in [0.2, 0.25) is 11.8 Å². The fourth-order valence-corrected chi connectivity index (χ4v) is 4.00. The number of carbonyl (C=O) groups is 1. The van der Waals surface area contributed by atoms with Gasteiger partial charge in [-0.15, -0.1) is 0 Å². The number of rotatable bonds is 8. The molecule has 0 radical (unpaired) electrons. The largest absolute Gasteiger partial charge is 0.437 e. The molecule has 0 N–H and O–H groups in total. The van der Waals surface area contributed by atoms with Gasteiger partial charge < -0.3 is 9.64 Å². The highest BCUT2D eigenvalue weighted by Gasteiger charge is 2.37. The van der Waals surface area contributed by atoms with E-state index >= 15 is 0 Å². The second-order valence-electron chi connectivity index (χ2n) is 8.59. The first-order valence-corrected chi connectivity index (χ1v) is 11.3. The zero-order chi connectivity index (χ0) is 21.4. The van der Waals surface area contributed by atoms with Crippen LogP contribution in [0.25, 0.3) is 5.69 Å². The summed E-state index contributed by atoms with van der Waals surface area (Å²) in [6.07, 6.45) is 4.43. The molecule has 2 aromatic carbocycles. The summed E-state index contributed by atoms with van der Waals surface area (Å²) in [6.45, 7) is 3.30. The van der Waals surface area contributed by atoms with Crippen molar-refractivity contribution in [1.29, 1.82) is 0 Å². The minimum atomic E-state index is 0.191. The number of hydrogen-bond donors (Lipinski definition) is 0. The van der Waals surface area contributed by atoms with E-state index in [9.17, 15) is 4.79 Å². The van der Waals surface area contributed by atoms with Crippen molar-refractivity contribution >= 4 is 17.5 Å². The lowest BCUT2D eigenvalue weighted by Gasteiger charge is -2.23. The first kappa shape index (κ1) is 20.1. The summed E-state index contributed by atoms with van der Waals surface area (Å²) in [5.41, 5.74) is 2.69. The van der Waals surface area contributed by atoms with Crippen LogP contribution in [-0.4, -0.2) is 27.1 Å². The Balaban J connectivity index is 1.54. The smallest absolute Gasteiger partial charge is 0.227 e. The van der Waals surface area contributed by atoms with E-state index in [1.807, 2.05) is 71.1 Å². The van der Waals surface area contributed by atoms with Crippen LogP contribution >= 0.6 is 11.6 Å². The SMILES string of the molecule is Cc1nn(-c2ccccc2)c(Oc2ccccc2Cl)c1CN(CC1CC1)C(=O)C1CC1. The molecule has 0 unspecified atom stereocenters. The molecule has 160 valence electrons. The van der Waals surface area contributed by atoms with Gasteiger partial charge in [-0.05, 0) is 62.8 Å². The molecule has 0 atom stereocenters. The van der Waals surface area contributed by atoms with Gasteiger partial charge in [0.1, 0.15) is 5.75 Å². The molecule has 0 saturated heterocycles. The molecule has 0 bridgehead atoms. The van der Waals surface area contributed by atoms with Crippen molar-refractivity contribution in [2.45, 2.75) is 39.2 Å². The van der Waals surface area contributed by atoms with E-state index in [0.717, 1.165) is 36.3 Å². The van der Waals surface area contributed by atoms with Gasteiger partial charge in [-0.2, -0.15) is 5.10 Å². The van der Waals surface area contributed by atoms with Crippen LogP contribution in [0.15, 0.2) is 54.6 Å². The van der Waals surface area contributed by atoms with E-state index in [1.165, 1.54) is 12.8 Å². The average Bonchev–Trinajstić information content (AvgIpc) is 3.70. The molecular weight excluding hydrogens is 410 g/mol. The minimum absolute atomic E-state index is 0.191. The molecule has 2 aliphatic rings. The normalized spacial score (nSPS) is 15.7. The molecule has 5 nitrogen and oxygen atoms in total. The van der Waals surface area contributed by atoms with E-state index in [-0.39, 0.29) is 11.8 Å². The molecule has 2 saturated carbocycles. The second kappa shape index (κ2) is 8.39. The number of hydrogen-bond acceptors (Lipinski definition) is 3. The third-order valence-corrected chi connectivity index (χ3v) is 6.26. The highest BCUT2D eigenvalue weighted by molar-refractivity contribution is 6.32. The van der Waals surface area contributed by atoms with E-state index in [1.54, 1.807) is 0 Å². The Morgan fingerprint density at radius 1 is 1.10 bits per heavy atom. The number of para-hydroxylation sites is 2. The minimum Gasteiger partial charge on any atom is -0.437 e. The van der Waals surface area contributed by atoms with E-state index < -0.39 is 0 Å². The lowest BCUT2D eigenvalue weighted by atomic mass is 10.2. The second-order valence-corrected chi connectivity index (χ2v) is 8.99. The number of benzene rings is 2. The Labute approximate surface area is 187 Å². The fraction of sp³-hybridized carbons (Fsp3) is 0.360. The maximum absolute atomic E-state index is 13.0. The Kier molecular flexibility index (Phi) is 5.45. The highest BCUT2D eigenvalue weighted by Crippen LogP contribution is 2.38. The summed E-state index contributed by atoms with van der Waals surface area (Å²) < 4.78 is 8.16. The maximum Gasteiger partial charge on any atom is 0.227 e. The summed E-state index contributed by atoms with van der Waals surface area (Å²) >= 11 is 6.40. The molecular formula is C25H26ClN3O2. The number of aromatic nitrogens is 2. The first-order chi connectivity index (χ1) is 15.1. The summed E-state index contributed by atoms with van der Waals surface area (Å²) in [7, 11) is 0. The predicted octanol–water partition coefficient (Wildman–Crippen LogP) is 5.78. The number of nitrogens with zero attached hydrogens (tertiary/aromatic N) is 3. The van der Waals surface area contributed by atoms with Crippen molar-refractivity contribution in [3.05, 3.63) is 70.9 Å². The lowest BCUT2D eigenvalue weighted by Crippen LogP contribution is -2.33. The molecule has 3 aromatic rings. The lowest BCUT2D eigenvalue weighted by molar-refractivity contribution is -0.133. The van der Waals surface area contributed by atoms with Gasteiger partial charge in [0.05, 0.1) is 28.5 Å². The van der Waals surface area contributed by atoms with Crippen LogP contribution in [-0.2, 0) is 11.3 Å². The topological polar surface area (TPSA) is 47.4 Å². The van der Waals surface area contributed by atoms with Gasteiger partial charge in [0.15, 0.2) is 0 Å². The summed E-state index contributed by atoms with van der Waals surface area (Å²) in [6, 6.07) is 17.3. The van der Waals surface area contributed by atoms with E-state index in [0.29, 0.717) is 29.1 Å². The Morgan fingerprint density at radius 3 is 2.48 bits per heavy atom. The zero-order valence-electron chi connectivity index (χ0n) is 17.6. The molecule has 31 heavy (non-hydrogen) atoms. The van der Waals surface area contributed by atoms with Crippen LogP contribution in [0.3, 0.4) is 0 Å². The summed E-state index contributed by atoms with van der Waals surface area (Å²) in [5.74, 6) is 2.27. The number of amides is 1. The van der Waals surface area contributed by atoms with Crippen molar-refractivity contribution < 1.29 is 9.53 Å². The summed E-state index contributed by atoms with van der Waals surface area (Å²) in [4.78, 5) is 15.0. The molecule has 2 fully saturated rings. The van der Waals surface area contributed by atoms with Crippen LogP contribution in [0, 0.1) is 18.8 Å². The van der Waals surface area contributed by atoms with Gasteiger partial charge in [-0.1, -0.05) is 41.9 Å². The third-order valence-electron chi connectivity index (χ3n) is 5.94. The van der Waals surface area contributed by atoms with Crippen LogP contribution < -0.4 is 4.74 Å². The van der Waals surface area contributed by atoms with Crippen molar-refractivity contribution in [1.82, 2.24) is 14.7 Å². The quantitative estimate of drug-likeness (QED) is 0.451. The molecule has 0 aliphatic heterocycles. The molecule has 5 rings (SSSR count). The highest BCUT2D eigenvalue weighted by atomic mass is 35.5.